The third-order valence-corrected chi connectivity index (χ3v) is 3.42. The average molecular weight is 286 g/mol. The number of carbonyl (C=O) groups is 1. The predicted octanol–water partition coefficient (Wildman–Crippen LogP) is 2.64. The van der Waals surface area contributed by atoms with Gasteiger partial charge < -0.3 is 10.3 Å². The lowest BCUT2D eigenvalue weighted by atomic mass is 10.1. The number of nitrogens with zero attached hydrogens (tertiary/aromatic N) is 2. The van der Waals surface area contributed by atoms with E-state index in [2.05, 4.69) is 24.3 Å². The van der Waals surface area contributed by atoms with Gasteiger partial charge in [-0.15, -0.1) is 0 Å². The molecule has 2 rings (SSSR count). The number of pyridine rings is 1. The highest BCUT2D eigenvalue weighted by atomic mass is 16.2. The molecule has 0 fully saturated rings. The van der Waals surface area contributed by atoms with Gasteiger partial charge in [-0.1, -0.05) is 38.1 Å². The van der Waals surface area contributed by atoms with E-state index in [-0.39, 0.29) is 5.91 Å². The molecule has 0 bridgehead atoms. The van der Waals surface area contributed by atoms with Crippen LogP contribution in [0.4, 0.5) is 5.82 Å². The molecule has 1 amide bonds. The standard InChI is InChI=1S/C16H22N4O/c1-4-20(10-11(2)3)16(21)14-9-18-15(19-17)13-8-6-5-7-12(13)14/h5-9,11H,4,10,17H2,1-3H3,(H,18,19). The van der Waals surface area contributed by atoms with Crippen LogP contribution in [0.3, 0.4) is 0 Å². The molecule has 1 aromatic heterocycles. The minimum absolute atomic E-state index is 0.0125. The maximum Gasteiger partial charge on any atom is 0.256 e. The Balaban J connectivity index is 2.49. The second-order valence-corrected chi connectivity index (χ2v) is 5.45. The molecule has 0 aliphatic rings. The van der Waals surface area contributed by atoms with Crippen LogP contribution in [0.2, 0.25) is 0 Å². The van der Waals surface area contributed by atoms with E-state index in [1.807, 2.05) is 36.1 Å². The molecule has 1 heterocycles. The van der Waals surface area contributed by atoms with Crippen molar-refractivity contribution >= 4 is 22.5 Å². The summed E-state index contributed by atoms with van der Waals surface area (Å²) < 4.78 is 0. The number of benzene rings is 1. The number of hydrogen-bond donors (Lipinski definition) is 2. The van der Waals surface area contributed by atoms with Crippen molar-refractivity contribution in [3.8, 4) is 0 Å². The molecule has 0 unspecified atom stereocenters. The van der Waals surface area contributed by atoms with E-state index < -0.39 is 0 Å². The van der Waals surface area contributed by atoms with Crippen LogP contribution in [0, 0.1) is 5.92 Å². The number of nitrogens with one attached hydrogen (secondary N) is 1. The van der Waals surface area contributed by atoms with Crippen molar-refractivity contribution in [2.75, 3.05) is 18.5 Å². The Morgan fingerprint density at radius 1 is 1.33 bits per heavy atom. The van der Waals surface area contributed by atoms with Crippen LogP contribution in [0.1, 0.15) is 31.1 Å². The number of hydrogen-bond acceptors (Lipinski definition) is 4. The van der Waals surface area contributed by atoms with E-state index in [4.69, 9.17) is 5.84 Å². The lowest BCUT2D eigenvalue weighted by molar-refractivity contribution is 0.0747. The SMILES string of the molecule is CCN(CC(C)C)C(=O)c1cnc(NN)c2ccccc12. The van der Waals surface area contributed by atoms with Gasteiger partial charge in [0.25, 0.3) is 5.91 Å². The summed E-state index contributed by atoms with van der Waals surface area (Å²) in [7, 11) is 0. The molecule has 0 saturated heterocycles. The summed E-state index contributed by atoms with van der Waals surface area (Å²) in [6.07, 6.45) is 1.60. The summed E-state index contributed by atoms with van der Waals surface area (Å²) in [6.45, 7) is 7.62. The molecule has 0 radical (unpaired) electrons. The van der Waals surface area contributed by atoms with Crippen molar-refractivity contribution in [1.29, 1.82) is 0 Å². The van der Waals surface area contributed by atoms with Crippen LogP contribution >= 0.6 is 0 Å². The van der Waals surface area contributed by atoms with Gasteiger partial charge >= 0.3 is 0 Å². The second kappa shape index (κ2) is 6.54. The fraction of sp³-hybridized carbons (Fsp3) is 0.375. The normalized spacial score (nSPS) is 10.9. The van der Waals surface area contributed by atoms with Gasteiger partial charge in [0.2, 0.25) is 0 Å². The van der Waals surface area contributed by atoms with E-state index in [9.17, 15) is 4.79 Å². The molecule has 2 aromatic rings. The Hall–Kier alpha value is -2.14. The smallest absolute Gasteiger partial charge is 0.256 e. The quantitative estimate of drug-likeness (QED) is 0.655. The van der Waals surface area contributed by atoms with Gasteiger partial charge in [0.15, 0.2) is 0 Å². The number of hydrazine groups is 1. The summed E-state index contributed by atoms with van der Waals surface area (Å²) >= 11 is 0. The molecule has 1 aromatic carbocycles. The van der Waals surface area contributed by atoms with Crippen LogP contribution in [0.15, 0.2) is 30.5 Å². The summed E-state index contributed by atoms with van der Waals surface area (Å²) in [5, 5.41) is 1.72. The number of rotatable bonds is 5. The second-order valence-electron chi connectivity index (χ2n) is 5.45. The third-order valence-electron chi connectivity index (χ3n) is 3.42. The lowest BCUT2D eigenvalue weighted by Crippen LogP contribution is -2.34. The number of carbonyl (C=O) groups excluding carboxylic acids is 1. The zero-order valence-corrected chi connectivity index (χ0v) is 12.8. The Kier molecular flexibility index (Phi) is 4.75. The van der Waals surface area contributed by atoms with Crippen LogP contribution in [0.25, 0.3) is 10.8 Å². The number of aromatic nitrogens is 1. The van der Waals surface area contributed by atoms with Crippen molar-refractivity contribution in [1.82, 2.24) is 9.88 Å². The summed E-state index contributed by atoms with van der Waals surface area (Å²) in [6, 6.07) is 7.66. The molecule has 21 heavy (non-hydrogen) atoms. The molecule has 3 N–H and O–H groups in total. The topological polar surface area (TPSA) is 71.2 Å². The first-order valence-corrected chi connectivity index (χ1v) is 7.22. The van der Waals surface area contributed by atoms with E-state index >= 15 is 0 Å². The van der Waals surface area contributed by atoms with Gasteiger partial charge in [0.1, 0.15) is 5.82 Å². The number of anilines is 1. The maximum atomic E-state index is 12.8. The van der Waals surface area contributed by atoms with Crippen molar-refractivity contribution < 1.29 is 4.79 Å². The lowest BCUT2D eigenvalue weighted by Gasteiger charge is -2.23. The fourth-order valence-electron chi connectivity index (χ4n) is 2.44. The Labute approximate surface area is 125 Å². The molecule has 5 heteroatoms. The first-order chi connectivity index (χ1) is 10.1. The first-order valence-electron chi connectivity index (χ1n) is 7.22. The molecule has 0 aliphatic carbocycles. The zero-order chi connectivity index (χ0) is 15.4. The summed E-state index contributed by atoms with van der Waals surface area (Å²) in [4.78, 5) is 18.9. The minimum atomic E-state index is 0.0125. The van der Waals surface area contributed by atoms with E-state index in [1.54, 1.807) is 6.20 Å². The van der Waals surface area contributed by atoms with Crippen molar-refractivity contribution in [3.05, 3.63) is 36.0 Å². The van der Waals surface area contributed by atoms with Gasteiger partial charge in [-0.2, -0.15) is 0 Å². The van der Waals surface area contributed by atoms with Gasteiger partial charge in [0.05, 0.1) is 5.56 Å². The number of amides is 1. The van der Waals surface area contributed by atoms with Gasteiger partial charge in [-0.3, -0.25) is 4.79 Å². The molecule has 0 spiro atoms. The Morgan fingerprint density at radius 2 is 2.00 bits per heavy atom. The highest BCUT2D eigenvalue weighted by molar-refractivity contribution is 6.09. The van der Waals surface area contributed by atoms with E-state index in [0.29, 0.717) is 23.8 Å². The summed E-state index contributed by atoms with van der Waals surface area (Å²) in [5.41, 5.74) is 3.19. The minimum Gasteiger partial charge on any atom is -0.339 e. The monoisotopic (exact) mass is 286 g/mol. The Morgan fingerprint density at radius 3 is 2.57 bits per heavy atom. The Bertz CT molecular complexity index is 639. The van der Waals surface area contributed by atoms with Crippen LogP contribution in [-0.2, 0) is 0 Å². The maximum absolute atomic E-state index is 12.8. The molecular weight excluding hydrogens is 264 g/mol. The van der Waals surface area contributed by atoms with Crippen LogP contribution < -0.4 is 11.3 Å². The van der Waals surface area contributed by atoms with E-state index in [1.165, 1.54) is 0 Å². The van der Waals surface area contributed by atoms with Crippen LogP contribution in [-0.4, -0.2) is 28.9 Å². The largest absolute Gasteiger partial charge is 0.339 e. The van der Waals surface area contributed by atoms with Gasteiger partial charge in [-0.25, -0.2) is 10.8 Å². The van der Waals surface area contributed by atoms with Gasteiger partial charge in [0, 0.05) is 24.7 Å². The third kappa shape index (κ3) is 3.13. The molecule has 0 atom stereocenters. The average Bonchev–Trinajstić information content (AvgIpc) is 2.50. The number of nitrogen functional groups attached to an aromatic ring is 1. The first kappa shape index (κ1) is 15.3. The van der Waals surface area contributed by atoms with Crippen molar-refractivity contribution in [2.45, 2.75) is 20.8 Å². The fourth-order valence-corrected chi connectivity index (χ4v) is 2.44. The van der Waals surface area contributed by atoms with Crippen LogP contribution in [0.5, 0.6) is 0 Å². The molecule has 0 aliphatic heterocycles. The van der Waals surface area contributed by atoms with Gasteiger partial charge in [-0.05, 0) is 18.2 Å². The predicted molar refractivity (Wildman–Crippen MR) is 86.0 cm³/mol. The zero-order valence-electron chi connectivity index (χ0n) is 12.8. The number of fused-ring (bicyclic) bond motifs is 1. The molecule has 112 valence electrons. The van der Waals surface area contributed by atoms with Crippen molar-refractivity contribution in [2.24, 2.45) is 11.8 Å². The number of nitrogens with two attached hydrogens (primary N) is 1. The molecule has 0 saturated carbocycles. The molecular formula is C16H22N4O. The van der Waals surface area contributed by atoms with E-state index in [0.717, 1.165) is 17.3 Å². The summed E-state index contributed by atoms with van der Waals surface area (Å²) in [5.74, 6) is 6.51. The highest BCUT2D eigenvalue weighted by Gasteiger charge is 2.19. The van der Waals surface area contributed by atoms with Crippen molar-refractivity contribution in [3.63, 3.8) is 0 Å². The highest BCUT2D eigenvalue weighted by Crippen LogP contribution is 2.25. The molecule has 5 nitrogen and oxygen atoms in total.